The smallest absolute Gasteiger partial charge is 0.312 e. The molecule has 1 unspecified atom stereocenters. The first-order chi connectivity index (χ1) is 9.54. The van der Waals surface area contributed by atoms with Crippen molar-refractivity contribution in [2.75, 3.05) is 13.2 Å². The zero-order chi connectivity index (χ0) is 14.6. The third-order valence-corrected chi connectivity index (χ3v) is 3.84. The van der Waals surface area contributed by atoms with Crippen molar-refractivity contribution in [3.05, 3.63) is 35.9 Å². The molecule has 3 heteroatoms. The molecule has 0 heterocycles. The normalized spacial score (nSPS) is 16.8. The molecule has 1 N–H and O–H groups in total. The number of ether oxygens (including phenoxy) is 1. The molecule has 0 saturated heterocycles. The highest BCUT2D eigenvalue weighted by atomic mass is 16.5. The van der Waals surface area contributed by atoms with E-state index in [-0.39, 0.29) is 5.97 Å². The van der Waals surface area contributed by atoms with Gasteiger partial charge in [-0.2, -0.15) is 0 Å². The molecule has 3 nitrogen and oxygen atoms in total. The summed E-state index contributed by atoms with van der Waals surface area (Å²) in [6, 6.07) is 10.9. The van der Waals surface area contributed by atoms with Gasteiger partial charge >= 0.3 is 5.97 Å². The summed E-state index contributed by atoms with van der Waals surface area (Å²) in [7, 11) is 0. The average molecular weight is 275 g/mol. The number of rotatable bonds is 7. The lowest BCUT2D eigenvalue weighted by molar-refractivity contribution is -0.153. The first-order valence-corrected chi connectivity index (χ1v) is 7.50. The number of esters is 1. The molecule has 1 aliphatic carbocycles. The van der Waals surface area contributed by atoms with Crippen molar-refractivity contribution >= 4 is 5.97 Å². The van der Waals surface area contributed by atoms with Crippen molar-refractivity contribution in [2.45, 2.75) is 39.7 Å². The van der Waals surface area contributed by atoms with Gasteiger partial charge in [-0.25, -0.2) is 0 Å². The van der Waals surface area contributed by atoms with Crippen molar-refractivity contribution in [3.8, 4) is 0 Å². The second kappa shape index (κ2) is 6.40. The Morgan fingerprint density at radius 2 is 2.00 bits per heavy atom. The second-order valence-corrected chi connectivity index (χ2v) is 6.21. The zero-order valence-electron chi connectivity index (χ0n) is 12.7. The molecule has 0 aromatic heterocycles. The van der Waals surface area contributed by atoms with E-state index in [0.29, 0.717) is 25.1 Å². The highest BCUT2D eigenvalue weighted by molar-refractivity contribution is 5.76. The van der Waals surface area contributed by atoms with Crippen LogP contribution in [0.4, 0.5) is 0 Å². The summed E-state index contributed by atoms with van der Waals surface area (Å²) in [6.07, 6.45) is 2.54. The number of hydrogen-bond donors (Lipinski definition) is 1. The molecule has 0 radical (unpaired) electrons. The van der Waals surface area contributed by atoms with Gasteiger partial charge in [-0.05, 0) is 45.1 Å². The zero-order valence-corrected chi connectivity index (χ0v) is 12.7. The molecule has 0 aliphatic heterocycles. The lowest BCUT2D eigenvalue weighted by Crippen LogP contribution is -2.39. The van der Waals surface area contributed by atoms with Crippen LogP contribution in [0.2, 0.25) is 0 Å². The second-order valence-electron chi connectivity index (χ2n) is 6.21. The number of benzene rings is 1. The van der Waals surface area contributed by atoms with Crippen LogP contribution < -0.4 is 5.32 Å². The minimum atomic E-state index is -0.488. The summed E-state index contributed by atoms with van der Waals surface area (Å²) < 4.78 is 5.14. The van der Waals surface area contributed by atoms with Crippen LogP contribution in [-0.2, 0) is 9.53 Å². The fraction of sp³-hybridized carbons (Fsp3) is 0.588. The number of nitrogens with one attached hydrogen (secondary N) is 1. The Morgan fingerprint density at radius 3 is 2.55 bits per heavy atom. The Labute approximate surface area is 121 Å². The highest BCUT2D eigenvalue weighted by Gasteiger charge is 2.35. The molecule has 110 valence electrons. The predicted molar refractivity (Wildman–Crippen MR) is 80.3 cm³/mol. The molecule has 0 amide bonds. The van der Waals surface area contributed by atoms with Gasteiger partial charge in [0.1, 0.15) is 0 Å². The van der Waals surface area contributed by atoms with E-state index in [1.54, 1.807) is 0 Å². The summed E-state index contributed by atoms with van der Waals surface area (Å²) in [4.78, 5) is 11.9. The Kier molecular flexibility index (Phi) is 4.81. The van der Waals surface area contributed by atoms with Gasteiger partial charge in [-0.15, -0.1) is 0 Å². The summed E-state index contributed by atoms with van der Waals surface area (Å²) in [6.45, 7) is 6.80. The molecule has 1 fully saturated rings. The van der Waals surface area contributed by atoms with Crippen LogP contribution in [0, 0.1) is 11.3 Å². The summed E-state index contributed by atoms with van der Waals surface area (Å²) in [5, 5.41) is 3.58. The third kappa shape index (κ3) is 3.83. The van der Waals surface area contributed by atoms with Gasteiger partial charge in [0.15, 0.2) is 0 Å². The van der Waals surface area contributed by atoms with Gasteiger partial charge in [0, 0.05) is 12.6 Å². The average Bonchev–Trinajstić information content (AvgIpc) is 3.25. The van der Waals surface area contributed by atoms with Gasteiger partial charge in [0.05, 0.1) is 12.0 Å². The molecule has 0 bridgehead atoms. The topological polar surface area (TPSA) is 38.3 Å². The van der Waals surface area contributed by atoms with Gasteiger partial charge in [-0.1, -0.05) is 30.3 Å². The van der Waals surface area contributed by atoms with Crippen LogP contribution in [0.25, 0.3) is 0 Å². The minimum absolute atomic E-state index is 0.130. The first-order valence-electron chi connectivity index (χ1n) is 7.50. The Morgan fingerprint density at radius 1 is 1.35 bits per heavy atom. The van der Waals surface area contributed by atoms with E-state index in [0.717, 1.165) is 0 Å². The van der Waals surface area contributed by atoms with Crippen molar-refractivity contribution < 1.29 is 9.53 Å². The van der Waals surface area contributed by atoms with E-state index in [4.69, 9.17) is 4.74 Å². The number of hydrogen-bond acceptors (Lipinski definition) is 3. The molecular weight excluding hydrogens is 250 g/mol. The molecule has 2 rings (SSSR count). The molecule has 20 heavy (non-hydrogen) atoms. The van der Waals surface area contributed by atoms with Crippen LogP contribution >= 0.6 is 0 Å². The van der Waals surface area contributed by atoms with Crippen LogP contribution in [0.3, 0.4) is 0 Å². The Balaban J connectivity index is 1.98. The van der Waals surface area contributed by atoms with Crippen molar-refractivity contribution in [3.63, 3.8) is 0 Å². The maximum atomic E-state index is 11.9. The maximum Gasteiger partial charge on any atom is 0.312 e. The standard InChI is InChI=1S/C17H25NO2/c1-4-20-16(19)17(2,3)12-18-15(14-10-11-14)13-8-6-5-7-9-13/h5-9,14-15,18H,4,10-12H2,1-3H3. The molecule has 1 aliphatic rings. The number of carbonyl (C=O) groups is 1. The van der Waals surface area contributed by atoms with Gasteiger partial charge in [0.2, 0.25) is 0 Å². The van der Waals surface area contributed by atoms with Gasteiger partial charge < -0.3 is 10.1 Å². The van der Waals surface area contributed by atoms with Crippen LogP contribution in [-0.4, -0.2) is 19.1 Å². The summed E-state index contributed by atoms with van der Waals surface area (Å²) in [5.41, 5.74) is 0.826. The summed E-state index contributed by atoms with van der Waals surface area (Å²) in [5.74, 6) is 0.575. The fourth-order valence-corrected chi connectivity index (χ4v) is 2.41. The van der Waals surface area contributed by atoms with E-state index in [9.17, 15) is 4.79 Å². The predicted octanol–water partition coefficient (Wildman–Crippen LogP) is 3.32. The fourth-order valence-electron chi connectivity index (χ4n) is 2.41. The molecule has 0 spiro atoms. The van der Waals surface area contributed by atoms with E-state index >= 15 is 0 Å². The van der Waals surface area contributed by atoms with Crippen molar-refractivity contribution in [2.24, 2.45) is 11.3 Å². The van der Waals surface area contributed by atoms with Gasteiger partial charge in [-0.3, -0.25) is 4.79 Å². The molecule has 1 aromatic carbocycles. The first kappa shape index (κ1) is 15.0. The summed E-state index contributed by atoms with van der Waals surface area (Å²) >= 11 is 0. The SMILES string of the molecule is CCOC(=O)C(C)(C)CNC(c1ccccc1)C1CC1. The van der Waals surface area contributed by atoms with E-state index in [1.807, 2.05) is 26.8 Å². The molecule has 1 saturated carbocycles. The number of carbonyl (C=O) groups excluding carboxylic acids is 1. The lowest BCUT2D eigenvalue weighted by Gasteiger charge is -2.27. The van der Waals surface area contributed by atoms with Crippen LogP contribution in [0.15, 0.2) is 30.3 Å². The Bertz CT molecular complexity index is 438. The van der Waals surface area contributed by atoms with Gasteiger partial charge in [0.25, 0.3) is 0 Å². The largest absolute Gasteiger partial charge is 0.466 e. The molecular formula is C17H25NO2. The maximum absolute atomic E-state index is 11.9. The van der Waals surface area contributed by atoms with E-state index in [2.05, 4.69) is 29.6 Å². The van der Waals surface area contributed by atoms with E-state index in [1.165, 1.54) is 18.4 Å². The lowest BCUT2D eigenvalue weighted by atomic mass is 9.92. The molecule has 1 aromatic rings. The Hall–Kier alpha value is -1.35. The molecule has 1 atom stereocenters. The monoisotopic (exact) mass is 275 g/mol. The third-order valence-electron chi connectivity index (χ3n) is 3.84. The van der Waals surface area contributed by atoms with Crippen molar-refractivity contribution in [1.29, 1.82) is 0 Å². The van der Waals surface area contributed by atoms with Crippen molar-refractivity contribution in [1.82, 2.24) is 5.32 Å². The minimum Gasteiger partial charge on any atom is -0.466 e. The highest BCUT2D eigenvalue weighted by Crippen LogP contribution is 2.41. The van der Waals surface area contributed by atoms with E-state index < -0.39 is 5.41 Å². The van der Waals surface area contributed by atoms with Crippen LogP contribution in [0.1, 0.15) is 45.2 Å². The van der Waals surface area contributed by atoms with Crippen LogP contribution in [0.5, 0.6) is 0 Å². The quantitative estimate of drug-likeness (QED) is 0.776.